The maximum Gasteiger partial charge on any atom is 0.277 e. The quantitative estimate of drug-likeness (QED) is 0.470. The van der Waals surface area contributed by atoms with Crippen LogP contribution in [0.4, 0.5) is 5.69 Å². The lowest BCUT2D eigenvalue weighted by Gasteiger charge is -2.14. The molecular weight excluding hydrogens is 420 g/mol. The van der Waals surface area contributed by atoms with E-state index in [0.29, 0.717) is 28.2 Å². The summed E-state index contributed by atoms with van der Waals surface area (Å²) in [5.74, 6) is 0.568. The summed E-state index contributed by atoms with van der Waals surface area (Å²) in [6, 6.07) is 16.0. The molecule has 0 fully saturated rings. The zero-order chi connectivity index (χ0) is 23.2. The van der Waals surface area contributed by atoms with Gasteiger partial charge in [0.2, 0.25) is 5.91 Å². The summed E-state index contributed by atoms with van der Waals surface area (Å²) in [5.41, 5.74) is 2.26. The Labute approximate surface area is 190 Å². The lowest BCUT2D eigenvalue weighted by atomic mass is 10.2. The summed E-state index contributed by atoms with van der Waals surface area (Å²) in [7, 11) is 3.03. The Bertz CT molecular complexity index is 1370. The highest BCUT2D eigenvalue weighted by Crippen LogP contribution is 2.31. The van der Waals surface area contributed by atoms with Gasteiger partial charge in [-0.25, -0.2) is 4.98 Å². The minimum absolute atomic E-state index is 0.194. The molecule has 8 nitrogen and oxygen atoms in total. The summed E-state index contributed by atoms with van der Waals surface area (Å²) in [6.45, 7) is -0.196. The number of benzene rings is 2. The summed E-state index contributed by atoms with van der Waals surface area (Å²) in [6.07, 6.45) is 6.72. The van der Waals surface area contributed by atoms with Gasteiger partial charge in [0.1, 0.15) is 12.2 Å². The molecule has 4 rings (SSSR count). The van der Waals surface area contributed by atoms with Crippen LogP contribution in [0.2, 0.25) is 0 Å². The van der Waals surface area contributed by atoms with Crippen molar-refractivity contribution in [2.75, 3.05) is 19.5 Å². The maximum atomic E-state index is 13.3. The third kappa shape index (κ3) is 4.90. The number of aromatic nitrogens is 3. The molecule has 33 heavy (non-hydrogen) atoms. The molecule has 0 atom stereocenters. The monoisotopic (exact) mass is 442 g/mol. The van der Waals surface area contributed by atoms with Gasteiger partial charge in [-0.1, -0.05) is 24.3 Å². The number of nitrogens with one attached hydrogen (secondary N) is 1. The van der Waals surface area contributed by atoms with Crippen molar-refractivity contribution in [2.45, 2.75) is 6.54 Å². The summed E-state index contributed by atoms with van der Waals surface area (Å²) >= 11 is 0. The van der Waals surface area contributed by atoms with Crippen molar-refractivity contribution < 1.29 is 14.3 Å². The Hall–Kier alpha value is -4.46. The zero-order valence-electron chi connectivity index (χ0n) is 18.2. The number of para-hydroxylation sites is 1. The second kappa shape index (κ2) is 9.78. The van der Waals surface area contributed by atoms with Crippen molar-refractivity contribution in [1.82, 2.24) is 14.5 Å². The SMILES string of the molecule is COc1cc2nc(/C=C\c3ccncc3)c(=O)n(CC(=O)Nc3ccccc3)c2cc1OC. The van der Waals surface area contributed by atoms with E-state index < -0.39 is 5.56 Å². The number of pyridine rings is 1. The number of methoxy groups -OCH3 is 2. The van der Waals surface area contributed by atoms with Crippen LogP contribution in [0.15, 0.2) is 71.8 Å². The molecule has 2 aromatic heterocycles. The van der Waals surface area contributed by atoms with Crippen LogP contribution in [-0.4, -0.2) is 34.7 Å². The highest BCUT2D eigenvalue weighted by Gasteiger charge is 2.16. The molecule has 0 unspecified atom stereocenters. The van der Waals surface area contributed by atoms with Gasteiger partial charge in [0.05, 0.1) is 25.3 Å². The van der Waals surface area contributed by atoms with E-state index in [-0.39, 0.29) is 18.1 Å². The zero-order valence-corrected chi connectivity index (χ0v) is 18.2. The maximum absolute atomic E-state index is 13.3. The summed E-state index contributed by atoms with van der Waals surface area (Å²) < 4.78 is 12.2. The van der Waals surface area contributed by atoms with E-state index in [2.05, 4.69) is 15.3 Å². The molecule has 0 aliphatic rings. The van der Waals surface area contributed by atoms with Crippen molar-refractivity contribution in [2.24, 2.45) is 0 Å². The highest BCUT2D eigenvalue weighted by molar-refractivity contribution is 5.92. The molecule has 0 saturated heterocycles. The molecule has 0 aliphatic carbocycles. The van der Waals surface area contributed by atoms with Gasteiger partial charge in [-0.2, -0.15) is 0 Å². The Morgan fingerprint density at radius 1 is 1.00 bits per heavy atom. The summed E-state index contributed by atoms with van der Waals surface area (Å²) in [4.78, 5) is 34.6. The number of amides is 1. The second-order valence-electron chi connectivity index (χ2n) is 7.11. The van der Waals surface area contributed by atoms with Crippen LogP contribution in [0.25, 0.3) is 23.2 Å². The first-order chi connectivity index (χ1) is 16.1. The molecule has 1 amide bonds. The fraction of sp³-hybridized carbons (Fsp3) is 0.120. The van der Waals surface area contributed by atoms with E-state index in [1.807, 2.05) is 30.3 Å². The number of fused-ring (bicyclic) bond motifs is 1. The third-order valence-corrected chi connectivity index (χ3v) is 4.98. The smallest absolute Gasteiger partial charge is 0.277 e. The van der Waals surface area contributed by atoms with Gasteiger partial charge in [0.25, 0.3) is 5.56 Å². The average molecular weight is 442 g/mol. The van der Waals surface area contributed by atoms with Gasteiger partial charge in [-0.15, -0.1) is 0 Å². The standard InChI is InChI=1S/C25H22N4O4/c1-32-22-14-20-21(15-23(22)33-2)29(16-24(30)27-18-6-4-3-5-7-18)25(31)19(28-20)9-8-17-10-12-26-13-11-17/h3-15H,16H2,1-2H3,(H,27,30)/b9-8-. The van der Waals surface area contributed by atoms with Crippen molar-refractivity contribution in [3.63, 3.8) is 0 Å². The predicted octanol–water partition coefficient (Wildman–Crippen LogP) is 3.62. The lowest BCUT2D eigenvalue weighted by molar-refractivity contribution is -0.116. The van der Waals surface area contributed by atoms with Crippen LogP contribution in [0.3, 0.4) is 0 Å². The molecule has 1 N–H and O–H groups in total. The first kappa shape index (κ1) is 21.8. The number of hydrogen-bond acceptors (Lipinski definition) is 6. The first-order valence-corrected chi connectivity index (χ1v) is 10.2. The normalized spacial score (nSPS) is 11.0. The van der Waals surface area contributed by atoms with Gasteiger partial charge >= 0.3 is 0 Å². The number of anilines is 1. The number of ether oxygens (including phenoxy) is 2. The minimum Gasteiger partial charge on any atom is -0.493 e. The van der Waals surface area contributed by atoms with Gasteiger partial charge in [0.15, 0.2) is 11.5 Å². The Balaban J connectivity index is 1.80. The third-order valence-electron chi connectivity index (χ3n) is 4.98. The van der Waals surface area contributed by atoms with Gasteiger partial charge < -0.3 is 14.8 Å². The molecule has 166 valence electrons. The highest BCUT2D eigenvalue weighted by atomic mass is 16.5. The average Bonchev–Trinajstić information content (AvgIpc) is 2.85. The Morgan fingerprint density at radius 3 is 2.39 bits per heavy atom. The van der Waals surface area contributed by atoms with Crippen molar-refractivity contribution in [1.29, 1.82) is 0 Å². The van der Waals surface area contributed by atoms with Crippen LogP contribution in [-0.2, 0) is 11.3 Å². The van der Waals surface area contributed by atoms with E-state index in [0.717, 1.165) is 5.56 Å². The predicted molar refractivity (Wildman–Crippen MR) is 127 cm³/mol. The molecule has 2 aromatic carbocycles. The topological polar surface area (TPSA) is 95.3 Å². The summed E-state index contributed by atoms with van der Waals surface area (Å²) in [5, 5.41) is 2.81. The molecule has 0 spiro atoms. The molecule has 2 heterocycles. The van der Waals surface area contributed by atoms with Gasteiger partial charge in [-0.3, -0.25) is 19.1 Å². The Kier molecular flexibility index (Phi) is 6.45. The minimum atomic E-state index is -0.400. The molecule has 4 aromatic rings. The molecule has 0 saturated carbocycles. The first-order valence-electron chi connectivity index (χ1n) is 10.2. The molecule has 0 aliphatic heterocycles. The van der Waals surface area contributed by atoms with E-state index in [9.17, 15) is 9.59 Å². The van der Waals surface area contributed by atoms with E-state index in [1.165, 1.54) is 18.8 Å². The van der Waals surface area contributed by atoms with Crippen molar-refractivity contribution in [3.8, 4) is 11.5 Å². The number of rotatable bonds is 7. The van der Waals surface area contributed by atoms with Crippen LogP contribution in [0.1, 0.15) is 11.3 Å². The van der Waals surface area contributed by atoms with Crippen LogP contribution in [0.5, 0.6) is 11.5 Å². The molecular formula is C25H22N4O4. The van der Waals surface area contributed by atoms with E-state index >= 15 is 0 Å². The number of hydrogen-bond donors (Lipinski definition) is 1. The number of carbonyl (C=O) groups is 1. The van der Waals surface area contributed by atoms with Gasteiger partial charge in [-0.05, 0) is 35.9 Å². The fourth-order valence-electron chi connectivity index (χ4n) is 3.37. The van der Waals surface area contributed by atoms with Crippen LogP contribution < -0.4 is 20.3 Å². The van der Waals surface area contributed by atoms with E-state index in [1.54, 1.807) is 48.8 Å². The lowest BCUT2D eigenvalue weighted by Crippen LogP contribution is -2.30. The van der Waals surface area contributed by atoms with Crippen molar-refractivity contribution >= 4 is 34.8 Å². The number of nitrogens with zero attached hydrogens (tertiary/aromatic N) is 3. The van der Waals surface area contributed by atoms with Gasteiger partial charge in [0, 0.05) is 30.2 Å². The van der Waals surface area contributed by atoms with Crippen molar-refractivity contribution in [3.05, 3.63) is 88.6 Å². The molecule has 0 radical (unpaired) electrons. The second-order valence-corrected chi connectivity index (χ2v) is 7.11. The fourth-order valence-corrected chi connectivity index (χ4v) is 3.37. The Morgan fingerprint density at radius 2 is 1.70 bits per heavy atom. The molecule has 0 bridgehead atoms. The van der Waals surface area contributed by atoms with E-state index in [4.69, 9.17) is 9.47 Å². The largest absolute Gasteiger partial charge is 0.493 e. The van der Waals surface area contributed by atoms with Crippen LogP contribution in [0, 0.1) is 0 Å². The molecule has 8 heteroatoms. The number of carbonyl (C=O) groups excluding carboxylic acids is 1. The van der Waals surface area contributed by atoms with Crippen LogP contribution >= 0.6 is 0 Å².